The van der Waals surface area contributed by atoms with Crippen LogP contribution < -0.4 is 10.1 Å². The van der Waals surface area contributed by atoms with Crippen LogP contribution in [0.2, 0.25) is 0 Å². The molecule has 0 aliphatic heterocycles. The van der Waals surface area contributed by atoms with E-state index >= 15 is 0 Å². The fourth-order valence-corrected chi connectivity index (χ4v) is 1.28. The Labute approximate surface area is 93.1 Å². The molecule has 6 heteroatoms. The second kappa shape index (κ2) is 4.61. The minimum absolute atomic E-state index is 0.548. The summed E-state index contributed by atoms with van der Waals surface area (Å²) in [4.78, 5) is 8.42. The third kappa shape index (κ3) is 2.47. The highest BCUT2D eigenvalue weighted by Crippen LogP contribution is 2.11. The van der Waals surface area contributed by atoms with Gasteiger partial charge in [-0.1, -0.05) is 0 Å². The number of anilines is 1. The highest BCUT2D eigenvalue weighted by atomic mass is 16.5. The second-order valence-electron chi connectivity index (χ2n) is 3.31. The Morgan fingerprint density at radius 1 is 1.44 bits per heavy atom. The van der Waals surface area contributed by atoms with Crippen LogP contribution >= 0.6 is 0 Å². The minimum atomic E-state index is 0.548. The van der Waals surface area contributed by atoms with Crippen LogP contribution in [0.15, 0.2) is 18.3 Å². The molecule has 2 aromatic rings. The molecule has 0 saturated carbocycles. The first-order chi connectivity index (χ1) is 7.78. The van der Waals surface area contributed by atoms with Crippen LogP contribution in [0.3, 0.4) is 0 Å². The van der Waals surface area contributed by atoms with Gasteiger partial charge in [0.05, 0.1) is 19.3 Å². The summed E-state index contributed by atoms with van der Waals surface area (Å²) in [5.74, 6) is 1.10. The van der Waals surface area contributed by atoms with Crippen LogP contribution in [-0.2, 0) is 6.54 Å². The molecular formula is C10H13N5O. The van der Waals surface area contributed by atoms with Gasteiger partial charge in [-0.15, -0.1) is 0 Å². The van der Waals surface area contributed by atoms with Crippen molar-refractivity contribution in [2.75, 3.05) is 12.4 Å². The first-order valence-electron chi connectivity index (χ1n) is 4.90. The zero-order valence-corrected chi connectivity index (χ0v) is 9.19. The van der Waals surface area contributed by atoms with Crippen molar-refractivity contribution >= 4 is 5.95 Å². The van der Waals surface area contributed by atoms with Gasteiger partial charge in [-0.3, -0.25) is 5.10 Å². The predicted molar refractivity (Wildman–Crippen MR) is 59.2 cm³/mol. The van der Waals surface area contributed by atoms with Gasteiger partial charge in [-0.05, 0) is 13.0 Å². The van der Waals surface area contributed by atoms with E-state index in [-0.39, 0.29) is 0 Å². The van der Waals surface area contributed by atoms with Crippen molar-refractivity contribution in [2.24, 2.45) is 0 Å². The summed E-state index contributed by atoms with van der Waals surface area (Å²) in [6, 6.07) is 3.67. The van der Waals surface area contributed by atoms with Gasteiger partial charge < -0.3 is 10.1 Å². The summed E-state index contributed by atoms with van der Waals surface area (Å²) in [6.07, 6.45) is 1.70. The smallest absolute Gasteiger partial charge is 0.226 e. The number of aromatic amines is 1. The lowest BCUT2D eigenvalue weighted by molar-refractivity contribution is 0.397. The van der Waals surface area contributed by atoms with Crippen molar-refractivity contribution in [3.8, 4) is 5.88 Å². The highest BCUT2D eigenvalue weighted by Gasteiger charge is 2.02. The number of hydrogen-bond donors (Lipinski definition) is 2. The van der Waals surface area contributed by atoms with Crippen molar-refractivity contribution in [3.63, 3.8) is 0 Å². The molecule has 0 bridgehead atoms. The van der Waals surface area contributed by atoms with E-state index in [2.05, 4.69) is 25.5 Å². The molecule has 0 atom stereocenters. The number of aromatic nitrogens is 4. The summed E-state index contributed by atoms with van der Waals surface area (Å²) in [7, 11) is 1.58. The van der Waals surface area contributed by atoms with Gasteiger partial charge in [0.25, 0.3) is 0 Å². The third-order valence-corrected chi connectivity index (χ3v) is 2.04. The molecule has 16 heavy (non-hydrogen) atoms. The van der Waals surface area contributed by atoms with Gasteiger partial charge in [0.2, 0.25) is 11.8 Å². The molecule has 0 saturated heterocycles. The van der Waals surface area contributed by atoms with Crippen LogP contribution in [-0.4, -0.2) is 27.3 Å². The van der Waals surface area contributed by atoms with E-state index in [1.54, 1.807) is 19.4 Å². The first-order valence-corrected chi connectivity index (χ1v) is 4.90. The van der Waals surface area contributed by atoms with Gasteiger partial charge in [-0.25, -0.2) is 4.98 Å². The Morgan fingerprint density at radius 3 is 3.00 bits per heavy atom. The van der Waals surface area contributed by atoms with E-state index in [1.807, 2.05) is 13.0 Å². The molecule has 2 N–H and O–H groups in total. The Kier molecular flexibility index (Phi) is 3.00. The predicted octanol–water partition coefficient (Wildman–Crippen LogP) is 1.13. The number of nitrogens with zero attached hydrogens (tertiary/aromatic N) is 3. The molecule has 0 aliphatic carbocycles. The van der Waals surface area contributed by atoms with E-state index in [4.69, 9.17) is 4.74 Å². The fraction of sp³-hybridized carbons (Fsp3) is 0.300. The molecule has 2 aromatic heterocycles. The Hall–Kier alpha value is -2.11. The number of aryl methyl sites for hydroxylation is 1. The van der Waals surface area contributed by atoms with Crippen molar-refractivity contribution in [3.05, 3.63) is 29.7 Å². The molecule has 6 nitrogen and oxygen atoms in total. The Balaban J connectivity index is 2.06. The summed E-state index contributed by atoms with van der Waals surface area (Å²) in [6.45, 7) is 2.50. The van der Waals surface area contributed by atoms with Gasteiger partial charge in [0, 0.05) is 18.0 Å². The summed E-state index contributed by atoms with van der Waals surface area (Å²) >= 11 is 0. The molecule has 0 unspecified atom stereocenters. The topological polar surface area (TPSA) is 75.7 Å². The molecule has 0 radical (unpaired) electrons. The van der Waals surface area contributed by atoms with Crippen molar-refractivity contribution in [1.82, 2.24) is 20.2 Å². The van der Waals surface area contributed by atoms with Gasteiger partial charge in [0.1, 0.15) is 0 Å². The second-order valence-corrected chi connectivity index (χ2v) is 3.31. The largest absolute Gasteiger partial charge is 0.481 e. The molecule has 2 rings (SSSR count). The molecule has 2 heterocycles. The fourth-order valence-electron chi connectivity index (χ4n) is 1.28. The SMILES string of the molecule is COc1cc(C)nc(NCc2ccn[nH]2)n1. The highest BCUT2D eigenvalue weighted by molar-refractivity contribution is 5.31. The third-order valence-electron chi connectivity index (χ3n) is 2.04. The van der Waals surface area contributed by atoms with Gasteiger partial charge >= 0.3 is 0 Å². The van der Waals surface area contributed by atoms with Crippen LogP contribution in [0.25, 0.3) is 0 Å². The maximum Gasteiger partial charge on any atom is 0.226 e. The maximum atomic E-state index is 5.06. The zero-order valence-electron chi connectivity index (χ0n) is 9.19. The molecule has 0 aromatic carbocycles. The van der Waals surface area contributed by atoms with E-state index in [0.717, 1.165) is 11.4 Å². The monoisotopic (exact) mass is 219 g/mol. The van der Waals surface area contributed by atoms with Crippen LogP contribution in [0.1, 0.15) is 11.4 Å². The number of hydrogen-bond acceptors (Lipinski definition) is 5. The number of ether oxygens (including phenoxy) is 1. The normalized spacial score (nSPS) is 10.1. The Bertz CT molecular complexity index is 454. The molecular weight excluding hydrogens is 206 g/mol. The van der Waals surface area contributed by atoms with Crippen LogP contribution in [0, 0.1) is 6.92 Å². The molecule has 0 spiro atoms. The molecule has 0 aliphatic rings. The molecule has 0 fully saturated rings. The van der Waals surface area contributed by atoms with Crippen molar-refractivity contribution < 1.29 is 4.74 Å². The first kappa shape index (κ1) is 10.4. The lowest BCUT2D eigenvalue weighted by Crippen LogP contribution is -2.05. The van der Waals surface area contributed by atoms with Crippen LogP contribution in [0.4, 0.5) is 5.95 Å². The zero-order chi connectivity index (χ0) is 11.4. The lowest BCUT2D eigenvalue weighted by Gasteiger charge is -2.06. The summed E-state index contributed by atoms with van der Waals surface area (Å²) in [5.41, 5.74) is 1.84. The van der Waals surface area contributed by atoms with E-state index in [0.29, 0.717) is 18.4 Å². The maximum absolute atomic E-state index is 5.06. The average molecular weight is 219 g/mol. The average Bonchev–Trinajstić information content (AvgIpc) is 2.78. The number of rotatable bonds is 4. The standard InChI is InChI=1S/C10H13N5O/c1-7-5-9(16-2)14-10(13-7)11-6-8-3-4-12-15-8/h3-5H,6H2,1-2H3,(H,12,15)(H,11,13,14). The van der Waals surface area contributed by atoms with E-state index in [1.165, 1.54) is 0 Å². The van der Waals surface area contributed by atoms with Crippen LogP contribution in [0.5, 0.6) is 5.88 Å². The summed E-state index contributed by atoms with van der Waals surface area (Å²) < 4.78 is 5.06. The minimum Gasteiger partial charge on any atom is -0.481 e. The molecule has 0 amide bonds. The van der Waals surface area contributed by atoms with Crippen molar-refractivity contribution in [2.45, 2.75) is 13.5 Å². The lowest BCUT2D eigenvalue weighted by atomic mass is 10.4. The number of H-pyrrole nitrogens is 1. The summed E-state index contributed by atoms with van der Waals surface area (Å²) in [5, 5.41) is 9.80. The van der Waals surface area contributed by atoms with Crippen molar-refractivity contribution in [1.29, 1.82) is 0 Å². The van der Waals surface area contributed by atoms with E-state index in [9.17, 15) is 0 Å². The van der Waals surface area contributed by atoms with Gasteiger partial charge in [0.15, 0.2) is 0 Å². The number of methoxy groups -OCH3 is 1. The van der Waals surface area contributed by atoms with E-state index < -0.39 is 0 Å². The molecule has 84 valence electrons. The number of nitrogens with one attached hydrogen (secondary N) is 2. The van der Waals surface area contributed by atoms with Gasteiger partial charge in [-0.2, -0.15) is 10.1 Å². The Morgan fingerprint density at radius 2 is 2.31 bits per heavy atom. The quantitative estimate of drug-likeness (QED) is 0.806.